The maximum Gasteiger partial charge on any atom is 0.271 e. The number of aryl methyl sites for hydroxylation is 1. The first-order chi connectivity index (χ1) is 12.1. The second-order valence-electron chi connectivity index (χ2n) is 6.27. The number of aromatic nitrogens is 3. The number of halogens is 1. The SMILES string of the molecule is Cc1cnccc1-c1nc2c([nH]1)C[C@@H](c1ccc(F)cc1)CNC2=O. The van der Waals surface area contributed by atoms with Crippen molar-refractivity contribution < 1.29 is 9.18 Å². The highest BCUT2D eigenvalue weighted by atomic mass is 19.1. The second-order valence-corrected chi connectivity index (χ2v) is 6.27. The molecule has 0 unspecified atom stereocenters. The highest BCUT2D eigenvalue weighted by Crippen LogP contribution is 2.27. The zero-order chi connectivity index (χ0) is 17.4. The molecule has 2 aromatic heterocycles. The van der Waals surface area contributed by atoms with Gasteiger partial charge in [0.2, 0.25) is 0 Å². The van der Waals surface area contributed by atoms with Crippen LogP contribution in [0.1, 0.15) is 33.2 Å². The van der Waals surface area contributed by atoms with Crippen molar-refractivity contribution in [2.45, 2.75) is 19.3 Å². The molecule has 0 spiro atoms. The van der Waals surface area contributed by atoms with Crippen LogP contribution in [-0.2, 0) is 6.42 Å². The van der Waals surface area contributed by atoms with Crippen molar-refractivity contribution in [2.24, 2.45) is 0 Å². The maximum absolute atomic E-state index is 13.2. The molecule has 5 nitrogen and oxygen atoms in total. The molecule has 0 fully saturated rings. The number of fused-ring (bicyclic) bond motifs is 1. The zero-order valence-electron chi connectivity index (χ0n) is 13.7. The number of rotatable bonds is 2. The number of hydrogen-bond acceptors (Lipinski definition) is 3. The number of pyridine rings is 1. The van der Waals surface area contributed by atoms with Gasteiger partial charge in [0.15, 0.2) is 0 Å². The first-order valence-electron chi connectivity index (χ1n) is 8.15. The van der Waals surface area contributed by atoms with Crippen molar-refractivity contribution >= 4 is 5.91 Å². The van der Waals surface area contributed by atoms with Crippen LogP contribution in [0.2, 0.25) is 0 Å². The molecule has 3 aromatic rings. The molecule has 3 heterocycles. The van der Waals surface area contributed by atoms with Gasteiger partial charge in [0.05, 0.1) is 0 Å². The van der Waals surface area contributed by atoms with Gasteiger partial charge in [-0.1, -0.05) is 12.1 Å². The van der Waals surface area contributed by atoms with E-state index in [4.69, 9.17) is 0 Å². The second kappa shape index (κ2) is 6.12. The number of carbonyl (C=O) groups excluding carboxylic acids is 1. The van der Waals surface area contributed by atoms with E-state index >= 15 is 0 Å². The van der Waals surface area contributed by atoms with Crippen LogP contribution in [0.4, 0.5) is 4.39 Å². The lowest BCUT2D eigenvalue weighted by Crippen LogP contribution is -2.26. The highest BCUT2D eigenvalue weighted by molar-refractivity contribution is 5.94. The van der Waals surface area contributed by atoms with Crippen molar-refractivity contribution in [3.05, 3.63) is 71.1 Å². The maximum atomic E-state index is 13.2. The topological polar surface area (TPSA) is 70.7 Å². The smallest absolute Gasteiger partial charge is 0.271 e. The fraction of sp³-hybridized carbons (Fsp3) is 0.211. The van der Waals surface area contributed by atoms with E-state index in [-0.39, 0.29) is 17.6 Å². The minimum Gasteiger partial charge on any atom is -0.350 e. The molecule has 2 N–H and O–H groups in total. The van der Waals surface area contributed by atoms with Gasteiger partial charge in [-0.3, -0.25) is 9.78 Å². The zero-order valence-corrected chi connectivity index (χ0v) is 13.7. The molecule has 1 aliphatic heterocycles. The molecule has 25 heavy (non-hydrogen) atoms. The van der Waals surface area contributed by atoms with Crippen LogP contribution in [0.25, 0.3) is 11.4 Å². The third-order valence-corrected chi connectivity index (χ3v) is 4.57. The summed E-state index contributed by atoms with van der Waals surface area (Å²) >= 11 is 0. The van der Waals surface area contributed by atoms with Gasteiger partial charge in [-0.25, -0.2) is 9.37 Å². The van der Waals surface area contributed by atoms with E-state index in [1.165, 1.54) is 12.1 Å². The number of aromatic amines is 1. The van der Waals surface area contributed by atoms with Gasteiger partial charge in [-0.05, 0) is 42.7 Å². The molecule has 0 radical (unpaired) electrons. The molecular formula is C19H17FN4O. The predicted octanol–water partition coefficient (Wildman–Crippen LogP) is 2.99. The van der Waals surface area contributed by atoms with Crippen molar-refractivity contribution in [2.75, 3.05) is 6.54 Å². The standard InChI is InChI=1S/C19H17FN4O/c1-11-9-21-7-6-15(11)18-23-16-8-13(10-22-19(25)17(16)24-18)12-2-4-14(20)5-3-12/h2-7,9,13H,8,10H2,1H3,(H,22,25)(H,23,24)/t13-/m1/s1. The summed E-state index contributed by atoms with van der Waals surface area (Å²) in [5, 5.41) is 2.92. The van der Waals surface area contributed by atoms with Gasteiger partial charge in [0.25, 0.3) is 5.91 Å². The molecule has 0 saturated carbocycles. The predicted molar refractivity (Wildman–Crippen MR) is 91.7 cm³/mol. The first kappa shape index (κ1) is 15.5. The number of nitrogens with one attached hydrogen (secondary N) is 2. The Labute approximate surface area is 144 Å². The molecule has 126 valence electrons. The number of benzene rings is 1. The van der Waals surface area contributed by atoms with Gasteiger partial charge in [-0.2, -0.15) is 0 Å². The molecule has 1 amide bonds. The summed E-state index contributed by atoms with van der Waals surface area (Å²) in [6, 6.07) is 8.30. The Bertz CT molecular complexity index is 933. The molecule has 6 heteroatoms. The highest BCUT2D eigenvalue weighted by Gasteiger charge is 2.26. The van der Waals surface area contributed by atoms with Gasteiger partial charge < -0.3 is 10.3 Å². The van der Waals surface area contributed by atoms with Gasteiger partial charge >= 0.3 is 0 Å². The van der Waals surface area contributed by atoms with Crippen molar-refractivity contribution in [3.63, 3.8) is 0 Å². The number of imidazole rings is 1. The number of nitrogens with zero attached hydrogens (tertiary/aromatic N) is 2. The van der Waals surface area contributed by atoms with Crippen LogP contribution in [0.3, 0.4) is 0 Å². The molecule has 0 aliphatic carbocycles. The molecular weight excluding hydrogens is 319 g/mol. The Morgan fingerprint density at radius 3 is 2.76 bits per heavy atom. The first-order valence-corrected chi connectivity index (χ1v) is 8.15. The average molecular weight is 336 g/mol. The van der Waals surface area contributed by atoms with Gasteiger partial charge in [0, 0.05) is 36.1 Å². The van der Waals surface area contributed by atoms with Crippen LogP contribution in [0.15, 0.2) is 42.7 Å². The third kappa shape index (κ3) is 2.91. The van der Waals surface area contributed by atoms with E-state index in [1.807, 2.05) is 13.0 Å². The molecule has 1 aliphatic rings. The Hall–Kier alpha value is -3.02. The quantitative estimate of drug-likeness (QED) is 0.756. The number of carbonyl (C=O) groups is 1. The number of H-pyrrole nitrogens is 1. The van der Waals surface area contributed by atoms with Crippen LogP contribution in [-0.4, -0.2) is 27.4 Å². The van der Waals surface area contributed by atoms with E-state index in [1.54, 1.807) is 24.5 Å². The molecule has 4 rings (SSSR count). The molecule has 0 bridgehead atoms. The summed E-state index contributed by atoms with van der Waals surface area (Å²) in [7, 11) is 0. The Morgan fingerprint density at radius 1 is 1.20 bits per heavy atom. The molecule has 1 aromatic carbocycles. The summed E-state index contributed by atoms with van der Waals surface area (Å²) in [4.78, 5) is 24.3. The Morgan fingerprint density at radius 2 is 2.00 bits per heavy atom. The lowest BCUT2D eigenvalue weighted by atomic mass is 9.94. The van der Waals surface area contributed by atoms with E-state index < -0.39 is 0 Å². The summed E-state index contributed by atoms with van der Waals surface area (Å²) in [6.07, 6.45) is 4.11. The largest absolute Gasteiger partial charge is 0.350 e. The number of hydrogen-bond donors (Lipinski definition) is 2. The summed E-state index contributed by atoms with van der Waals surface area (Å²) in [5.74, 6) is 0.283. The normalized spacial score (nSPS) is 16.9. The lowest BCUT2D eigenvalue weighted by Gasteiger charge is -2.14. The Kier molecular flexibility index (Phi) is 3.80. The third-order valence-electron chi connectivity index (χ3n) is 4.57. The lowest BCUT2D eigenvalue weighted by molar-refractivity contribution is 0.0950. The molecule has 0 saturated heterocycles. The summed E-state index contributed by atoms with van der Waals surface area (Å²) in [5.41, 5.74) is 4.13. The molecule has 1 atom stereocenters. The minimum absolute atomic E-state index is 0.0673. The minimum atomic E-state index is -0.265. The Balaban J connectivity index is 1.71. The summed E-state index contributed by atoms with van der Waals surface area (Å²) < 4.78 is 13.2. The number of amides is 1. The summed E-state index contributed by atoms with van der Waals surface area (Å²) in [6.45, 7) is 2.45. The van der Waals surface area contributed by atoms with E-state index in [2.05, 4.69) is 20.3 Å². The van der Waals surface area contributed by atoms with Crippen molar-refractivity contribution in [1.29, 1.82) is 0 Å². The van der Waals surface area contributed by atoms with E-state index in [9.17, 15) is 9.18 Å². The van der Waals surface area contributed by atoms with E-state index in [0.717, 1.165) is 22.4 Å². The van der Waals surface area contributed by atoms with Crippen molar-refractivity contribution in [1.82, 2.24) is 20.3 Å². The van der Waals surface area contributed by atoms with Gasteiger partial charge in [-0.15, -0.1) is 0 Å². The van der Waals surface area contributed by atoms with Crippen LogP contribution in [0, 0.1) is 12.7 Å². The van der Waals surface area contributed by atoms with Crippen LogP contribution < -0.4 is 5.32 Å². The fourth-order valence-corrected chi connectivity index (χ4v) is 3.20. The van der Waals surface area contributed by atoms with Crippen LogP contribution in [0.5, 0.6) is 0 Å². The van der Waals surface area contributed by atoms with Crippen LogP contribution >= 0.6 is 0 Å². The van der Waals surface area contributed by atoms with Crippen molar-refractivity contribution in [3.8, 4) is 11.4 Å². The average Bonchev–Trinajstić information content (AvgIpc) is 2.97. The van der Waals surface area contributed by atoms with Gasteiger partial charge in [0.1, 0.15) is 17.3 Å². The fourth-order valence-electron chi connectivity index (χ4n) is 3.20. The monoisotopic (exact) mass is 336 g/mol. The van der Waals surface area contributed by atoms with E-state index in [0.29, 0.717) is 24.5 Å².